The Morgan fingerprint density at radius 2 is 1.75 bits per heavy atom. The quantitative estimate of drug-likeness (QED) is 0.206. The lowest BCUT2D eigenvalue weighted by Crippen LogP contribution is -2.16. The van der Waals surface area contributed by atoms with Crippen LogP contribution in [0.25, 0.3) is 22.2 Å². The Morgan fingerprint density at radius 3 is 2.42 bits per heavy atom. The van der Waals surface area contributed by atoms with E-state index in [0.717, 1.165) is 17.5 Å². The van der Waals surface area contributed by atoms with Gasteiger partial charge in [0.2, 0.25) is 0 Å². The van der Waals surface area contributed by atoms with Crippen LogP contribution in [-0.2, 0) is 22.7 Å². The van der Waals surface area contributed by atoms with Gasteiger partial charge in [-0.1, -0.05) is 0 Å². The van der Waals surface area contributed by atoms with Crippen molar-refractivity contribution >= 4 is 16.9 Å². The topological polar surface area (TPSA) is 67.5 Å². The van der Waals surface area contributed by atoms with Crippen LogP contribution in [-0.4, -0.2) is 33.3 Å². The molecule has 7 nitrogen and oxygen atoms in total. The van der Waals surface area contributed by atoms with E-state index in [-0.39, 0.29) is 31.1 Å². The smallest absolute Gasteiger partial charge is 0.487 e. The van der Waals surface area contributed by atoms with E-state index < -0.39 is 24.6 Å². The first-order valence-corrected chi connectivity index (χ1v) is 10.7. The summed E-state index contributed by atoms with van der Waals surface area (Å²) in [5.41, 5.74) is 1.21. The summed E-state index contributed by atoms with van der Waals surface area (Å²) >= 11 is 0. The summed E-state index contributed by atoms with van der Waals surface area (Å²) in [5, 5.41) is 4.72. The van der Waals surface area contributed by atoms with E-state index in [1.807, 2.05) is 6.07 Å². The Bertz CT molecular complexity index is 1350. The number of benzene rings is 2. The lowest BCUT2D eigenvalue weighted by Gasteiger charge is -2.10. The molecule has 0 atom stereocenters. The molecule has 4 rings (SSSR count). The minimum Gasteiger partial charge on any atom is -0.487 e. The first-order valence-electron chi connectivity index (χ1n) is 10.7. The average Bonchev–Trinajstić information content (AvgIpc) is 3.42. The van der Waals surface area contributed by atoms with Crippen molar-refractivity contribution in [2.24, 2.45) is 0 Å². The summed E-state index contributed by atoms with van der Waals surface area (Å²) in [6.07, 6.45) is -3.11. The highest BCUT2D eigenvalue weighted by Gasteiger charge is 2.31. The summed E-state index contributed by atoms with van der Waals surface area (Å²) in [6.45, 7) is -1.23. The van der Waals surface area contributed by atoms with Crippen molar-refractivity contribution in [1.82, 2.24) is 14.3 Å². The molecule has 2 heterocycles. The number of fused-ring (bicyclic) bond motifs is 1. The second-order valence-corrected chi connectivity index (χ2v) is 7.57. The molecule has 0 fully saturated rings. The van der Waals surface area contributed by atoms with E-state index in [9.17, 15) is 26.7 Å². The molecule has 0 N–H and O–H groups in total. The highest BCUT2D eigenvalue weighted by Crippen LogP contribution is 2.29. The monoisotopic (exact) mass is 509 g/mol. The maximum Gasteiger partial charge on any atom is 0.573 e. The number of esters is 1. The summed E-state index contributed by atoms with van der Waals surface area (Å²) in [7, 11) is 0. The number of alkyl halides is 5. The third kappa shape index (κ3) is 5.93. The van der Waals surface area contributed by atoms with Gasteiger partial charge in [0.15, 0.2) is 0 Å². The van der Waals surface area contributed by atoms with Gasteiger partial charge < -0.3 is 18.8 Å². The van der Waals surface area contributed by atoms with Gasteiger partial charge >= 0.3 is 18.9 Å². The first kappa shape index (κ1) is 25.0. The fourth-order valence-electron chi connectivity index (χ4n) is 3.57. The minimum absolute atomic E-state index is 0.00903. The van der Waals surface area contributed by atoms with Crippen LogP contribution in [0.5, 0.6) is 11.5 Å². The van der Waals surface area contributed by atoms with Gasteiger partial charge in [-0.3, -0.25) is 4.79 Å². The number of rotatable bonds is 9. The number of hydrogen-bond acceptors (Lipinski definition) is 5. The van der Waals surface area contributed by atoms with Crippen LogP contribution in [0.3, 0.4) is 0 Å². The maximum atomic E-state index is 13.6. The molecule has 0 spiro atoms. The van der Waals surface area contributed by atoms with Gasteiger partial charge in [0.25, 0.3) is 0 Å². The zero-order valence-corrected chi connectivity index (χ0v) is 18.8. The molecule has 2 aromatic heterocycles. The van der Waals surface area contributed by atoms with Crippen LogP contribution in [0, 0.1) is 0 Å². The summed E-state index contributed by atoms with van der Waals surface area (Å²) in [5.74, 6) is -0.456. The first-order chi connectivity index (χ1) is 17.1. The van der Waals surface area contributed by atoms with Crippen molar-refractivity contribution in [2.75, 3.05) is 6.61 Å². The van der Waals surface area contributed by atoms with Crippen molar-refractivity contribution in [2.45, 2.75) is 33.0 Å². The fraction of sp³-hybridized carbons (Fsp3) is 0.250. The molecule has 0 saturated carbocycles. The van der Waals surface area contributed by atoms with Crippen LogP contribution in [0.1, 0.15) is 19.2 Å². The highest BCUT2D eigenvalue weighted by molar-refractivity contribution is 5.83. The van der Waals surface area contributed by atoms with Crippen molar-refractivity contribution in [1.29, 1.82) is 0 Å². The number of aromatic nitrogens is 3. The van der Waals surface area contributed by atoms with Crippen molar-refractivity contribution < 1.29 is 41.0 Å². The molecule has 36 heavy (non-hydrogen) atoms. The molecule has 2 aromatic carbocycles. The highest BCUT2D eigenvalue weighted by atomic mass is 19.4. The van der Waals surface area contributed by atoms with Gasteiger partial charge in [0.05, 0.1) is 23.5 Å². The van der Waals surface area contributed by atoms with Crippen LogP contribution in [0.4, 0.5) is 22.0 Å². The van der Waals surface area contributed by atoms with Crippen molar-refractivity contribution in [3.63, 3.8) is 0 Å². The summed E-state index contributed by atoms with van der Waals surface area (Å²) < 4.78 is 80.9. The van der Waals surface area contributed by atoms with Crippen LogP contribution in [0.2, 0.25) is 0 Å². The van der Waals surface area contributed by atoms with E-state index in [1.165, 1.54) is 18.2 Å². The summed E-state index contributed by atoms with van der Waals surface area (Å²) in [6, 6.07) is 13.0. The number of hydrogen-bond donors (Lipinski definition) is 0. The molecular weight excluding hydrogens is 489 g/mol. The van der Waals surface area contributed by atoms with E-state index in [1.54, 1.807) is 35.9 Å². The van der Waals surface area contributed by atoms with Gasteiger partial charge in [-0.2, -0.15) is 13.9 Å². The SMILES string of the molecule is CCOC(=O)Cn1ccc2ccc(OCc3cc(-c4ccc(OC(F)(F)F)cc4)nn3C(F)F)cc21. The van der Waals surface area contributed by atoms with Gasteiger partial charge in [-0.05, 0) is 60.8 Å². The zero-order chi connectivity index (χ0) is 25.9. The van der Waals surface area contributed by atoms with Gasteiger partial charge in [-0.15, -0.1) is 13.2 Å². The summed E-state index contributed by atoms with van der Waals surface area (Å²) in [4.78, 5) is 11.8. The van der Waals surface area contributed by atoms with Gasteiger partial charge in [0.1, 0.15) is 24.7 Å². The van der Waals surface area contributed by atoms with E-state index in [4.69, 9.17) is 9.47 Å². The number of carbonyl (C=O) groups excluding carboxylic acids is 1. The standard InChI is InChI=1S/C24H20F5N3O4/c1-2-34-22(33)13-31-10-9-16-5-8-19(12-21(16)31)35-14-17-11-20(30-32(17)23(25)26)15-3-6-18(7-4-15)36-24(27,28)29/h3-12,23H,2,13-14H2,1H3. The Balaban J connectivity index is 1.52. The Labute approximate surface area is 201 Å². The molecule has 4 aromatic rings. The predicted molar refractivity (Wildman–Crippen MR) is 119 cm³/mol. The molecular formula is C24H20F5N3O4. The third-order valence-electron chi connectivity index (χ3n) is 5.12. The second kappa shape index (κ2) is 10.3. The maximum absolute atomic E-state index is 13.6. The van der Waals surface area contributed by atoms with Gasteiger partial charge in [-0.25, -0.2) is 4.68 Å². The molecule has 0 radical (unpaired) electrons. The number of nitrogens with zero attached hydrogens (tertiary/aromatic N) is 3. The normalized spacial score (nSPS) is 11.8. The molecule has 0 bridgehead atoms. The van der Waals surface area contributed by atoms with Gasteiger partial charge in [0, 0.05) is 17.8 Å². The Hall–Kier alpha value is -4.09. The average molecular weight is 509 g/mol. The Kier molecular flexibility index (Phi) is 7.13. The van der Waals surface area contributed by atoms with Crippen molar-refractivity contribution in [3.8, 4) is 22.8 Å². The van der Waals surface area contributed by atoms with E-state index in [0.29, 0.717) is 21.5 Å². The number of ether oxygens (including phenoxy) is 3. The lowest BCUT2D eigenvalue weighted by atomic mass is 10.1. The third-order valence-corrected chi connectivity index (χ3v) is 5.12. The fourth-order valence-corrected chi connectivity index (χ4v) is 3.57. The van der Waals surface area contributed by atoms with Crippen LogP contribution >= 0.6 is 0 Å². The second-order valence-electron chi connectivity index (χ2n) is 7.57. The predicted octanol–water partition coefficient (Wildman–Crippen LogP) is 5.94. The molecule has 0 saturated heterocycles. The molecule has 12 heteroatoms. The molecule has 0 aliphatic heterocycles. The molecule has 190 valence electrons. The molecule has 0 aliphatic rings. The number of halogens is 5. The Morgan fingerprint density at radius 1 is 1.03 bits per heavy atom. The minimum atomic E-state index is -4.84. The van der Waals surface area contributed by atoms with E-state index in [2.05, 4.69) is 9.84 Å². The number of carbonyl (C=O) groups is 1. The van der Waals surface area contributed by atoms with Crippen LogP contribution in [0.15, 0.2) is 60.8 Å². The molecule has 0 unspecified atom stereocenters. The van der Waals surface area contributed by atoms with Crippen molar-refractivity contribution in [3.05, 3.63) is 66.5 Å². The lowest BCUT2D eigenvalue weighted by molar-refractivity contribution is -0.274. The van der Waals surface area contributed by atoms with Crippen LogP contribution < -0.4 is 9.47 Å². The molecule has 0 aliphatic carbocycles. The molecule has 0 amide bonds. The van der Waals surface area contributed by atoms with E-state index >= 15 is 0 Å². The largest absolute Gasteiger partial charge is 0.573 e. The zero-order valence-electron chi connectivity index (χ0n) is 18.8.